The van der Waals surface area contributed by atoms with Crippen LogP contribution in [0.25, 0.3) is 0 Å². The summed E-state index contributed by atoms with van der Waals surface area (Å²) >= 11 is 0. The number of rotatable bonds is 6. The van der Waals surface area contributed by atoms with Crippen LogP contribution in [0, 0.1) is 17.8 Å². The third-order valence-electron chi connectivity index (χ3n) is 3.85. The van der Waals surface area contributed by atoms with Crippen molar-refractivity contribution in [1.29, 1.82) is 0 Å². The van der Waals surface area contributed by atoms with Crippen molar-refractivity contribution in [2.24, 2.45) is 22.9 Å². The highest BCUT2D eigenvalue weighted by Gasteiger charge is 2.36. The summed E-state index contributed by atoms with van der Waals surface area (Å²) in [6.07, 6.45) is -4.80. The minimum absolute atomic E-state index is 0.219. The normalized spacial score (nSPS) is 13.2. The predicted molar refractivity (Wildman–Crippen MR) is 84.5 cm³/mol. The molecule has 0 atom stereocenters. The number of alkyl halides is 3. The molecule has 0 aliphatic rings. The number of hydrogen-bond acceptors (Lipinski definition) is 3. The van der Waals surface area contributed by atoms with Gasteiger partial charge in [0.05, 0.1) is 10.5 Å². The van der Waals surface area contributed by atoms with E-state index in [0.717, 1.165) is 12.1 Å². The van der Waals surface area contributed by atoms with E-state index in [-0.39, 0.29) is 11.6 Å². The van der Waals surface area contributed by atoms with Crippen molar-refractivity contribution in [3.63, 3.8) is 0 Å². The molecule has 132 valence electrons. The molecule has 23 heavy (non-hydrogen) atoms. The molecule has 0 spiro atoms. The van der Waals surface area contributed by atoms with E-state index in [4.69, 9.17) is 5.14 Å². The molecule has 0 bridgehead atoms. The summed E-state index contributed by atoms with van der Waals surface area (Å²) < 4.78 is 61.8. The zero-order chi connectivity index (χ0) is 18.0. The van der Waals surface area contributed by atoms with Gasteiger partial charge in [-0.25, -0.2) is 13.6 Å². The first kappa shape index (κ1) is 19.8. The Bertz CT molecular complexity index is 633. The van der Waals surface area contributed by atoms with Crippen LogP contribution in [-0.2, 0) is 16.2 Å². The number of halogens is 3. The second-order valence-electron chi connectivity index (χ2n) is 6.29. The molecule has 1 aromatic rings. The average molecular weight is 352 g/mol. The van der Waals surface area contributed by atoms with Gasteiger partial charge in [0.15, 0.2) is 0 Å². The highest BCUT2D eigenvalue weighted by molar-refractivity contribution is 7.89. The van der Waals surface area contributed by atoms with Crippen molar-refractivity contribution in [2.45, 2.75) is 38.8 Å². The summed E-state index contributed by atoms with van der Waals surface area (Å²) in [6.45, 7) is 8.71. The predicted octanol–water partition coefficient (Wildman–Crippen LogP) is 3.69. The van der Waals surface area contributed by atoms with Crippen LogP contribution in [-0.4, -0.2) is 15.0 Å². The second kappa shape index (κ2) is 7.09. The maximum atomic E-state index is 13.1. The Morgan fingerprint density at radius 2 is 1.65 bits per heavy atom. The molecule has 4 nitrogen and oxygen atoms in total. The van der Waals surface area contributed by atoms with Gasteiger partial charge in [-0.15, -0.1) is 0 Å². The molecule has 0 aliphatic carbocycles. The van der Waals surface area contributed by atoms with Gasteiger partial charge < -0.3 is 5.32 Å². The molecular formula is C15H23F3N2O2S. The summed E-state index contributed by atoms with van der Waals surface area (Å²) in [4.78, 5) is -0.917. The summed E-state index contributed by atoms with van der Waals surface area (Å²) in [7, 11) is -4.44. The van der Waals surface area contributed by atoms with Gasteiger partial charge in [-0.05, 0) is 36.0 Å². The number of primary sulfonamides is 1. The minimum Gasteiger partial charge on any atom is -0.385 e. The number of sulfonamides is 1. The van der Waals surface area contributed by atoms with E-state index in [1.807, 2.05) is 0 Å². The molecule has 0 heterocycles. The van der Waals surface area contributed by atoms with E-state index >= 15 is 0 Å². The third-order valence-corrected chi connectivity index (χ3v) is 4.82. The maximum absolute atomic E-state index is 13.1. The van der Waals surface area contributed by atoms with E-state index in [1.165, 1.54) is 6.07 Å². The lowest BCUT2D eigenvalue weighted by molar-refractivity contribution is -0.139. The molecule has 0 radical (unpaired) electrons. The molecular weight excluding hydrogens is 329 g/mol. The summed E-state index contributed by atoms with van der Waals surface area (Å²) in [5, 5.41) is 7.82. The second-order valence-corrected chi connectivity index (χ2v) is 7.82. The Morgan fingerprint density at radius 3 is 2.04 bits per heavy atom. The molecule has 0 saturated heterocycles. The van der Waals surface area contributed by atoms with Crippen molar-refractivity contribution in [3.8, 4) is 0 Å². The molecule has 0 fully saturated rings. The van der Waals surface area contributed by atoms with Crippen molar-refractivity contribution in [1.82, 2.24) is 0 Å². The first-order valence-corrected chi connectivity index (χ1v) is 8.86. The van der Waals surface area contributed by atoms with Gasteiger partial charge in [-0.3, -0.25) is 0 Å². The van der Waals surface area contributed by atoms with Crippen LogP contribution in [0.3, 0.4) is 0 Å². The molecule has 0 amide bonds. The highest BCUT2D eigenvalue weighted by atomic mass is 32.2. The SMILES string of the molecule is CC(C)C(CNc1ccc(S(N)(=O)=O)c(C(F)(F)F)c1)C(C)C. The molecule has 0 aliphatic heterocycles. The highest BCUT2D eigenvalue weighted by Crippen LogP contribution is 2.35. The van der Waals surface area contributed by atoms with Crippen LogP contribution in [0.1, 0.15) is 33.3 Å². The van der Waals surface area contributed by atoms with Gasteiger partial charge in [0, 0.05) is 12.2 Å². The number of nitrogens with two attached hydrogens (primary N) is 1. The van der Waals surface area contributed by atoms with E-state index in [1.54, 1.807) is 0 Å². The fourth-order valence-electron chi connectivity index (χ4n) is 2.59. The molecule has 1 aromatic carbocycles. The summed E-state index contributed by atoms with van der Waals surface area (Å²) in [5.74, 6) is 1.02. The first-order valence-electron chi connectivity index (χ1n) is 7.32. The standard InChI is InChI=1S/C15H23F3N2O2S/c1-9(2)12(10(3)4)8-20-11-5-6-14(23(19,21)22)13(7-11)15(16,17)18/h5-7,9-10,12,20H,8H2,1-4H3,(H2,19,21,22). The van der Waals surface area contributed by atoms with Crippen LogP contribution < -0.4 is 10.5 Å². The summed E-state index contributed by atoms with van der Waals surface area (Å²) in [5.41, 5.74) is -1.04. The number of anilines is 1. The Labute approximate surface area is 135 Å². The fourth-order valence-corrected chi connectivity index (χ4v) is 3.33. The third kappa shape index (κ3) is 5.39. The van der Waals surface area contributed by atoms with E-state index in [2.05, 4.69) is 33.0 Å². The molecule has 0 aromatic heterocycles. The largest absolute Gasteiger partial charge is 0.417 e. The van der Waals surface area contributed by atoms with Crippen LogP contribution in [0.2, 0.25) is 0 Å². The lowest BCUT2D eigenvalue weighted by Crippen LogP contribution is -2.25. The maximum Gasteiger partial charge on any atom is 0.417 e. The van der Waals surface area contributed by atoms with Crippen molar-refractivity contribution >= 4 is 15.7 Å². The number of benzene rings is 1. The zero-order valence-electron chi connectivity index (χ0n) is 13.6. The van der Waals surface area contributed by atoms with Gasteiger partial charge in [0.2, 0.25) is 10.0 Å². The van der Waals surface area contributed by atoms with Crippen LogP contribution in [0.5, 0.6) is 0 Å². The molecule has 0 unspecified atom stereocenters. The average Bonchev–Trinajstić information content (AvgIpc) is 2.35. The van der Waals surface area contributed by atoms with E-state index < -0.39 is 26.7 Å². The van der Waals surface area contributed by atoms with Crippen molar-refractivity contribution in [3.05, 3.63) is 23.8 Å². The van der Waals surface area contributed by atoms with Gasteiger partial charge in [-0.1, -0.05) is 27.7 Å². The van der Waals surface area contributed by atoms with Gasteiger partial charge in [0.1, 0.15) is 0 Å². The molecule has 0 saturated carbocycles. The van der Waals surface area contributed by atoms with Gasteiger partial charge >= 0.3 is 6.18 Å². The van der Waals surface area contributed by atoms with E-state index in [0.29, 0.717) is 18.4 Å². The molecule has 1 rings (SSSR count). The van der Waals surface area contributed by atoms with Crippen molar-refractivity contribution < 1.29 is 21.6 Å². The lowest BCUT2D eigenvalue weighted by atomic mass is 9.85. The molecule has 3 N–H and O–H groups in total. The Morgan fingerprint density at radius 1 is 1.13 bits per heavy atom. The van der Waals surface area contributed by atoms with Gasteiger partial charge in [-0.2, -0.15) is 13.2 Å². The van der Waals surface area contributed by atoms with Crippen LogP contribution in [0.15, 0.2) is 23.1 Å². The van der Waals surface area contributed by atoms with E-state index in [9.17, 15) is 21.6 Å². The fraction of sp³-hybridized carbons (Fsp3) is 0.600. The van der Waals surface area contributed by atoms with Crippen LogP contribution >= 0.6 is 0 Å². The minimum atomic E-state index is -4.80. The first-order chi connectivity index (χ1) is 10.3. The quantitative estimate of drug-likeness (QED) is 0.820. The topological polar surface area (TPSA) is 72.2 Å². The monoisotopic (exact) mass is 352 g/mol. The Balaban J connectivity index is 3.12. The van der Waals surface area contributed by atoms with Crippen molar-refractivity contribution in [2.75, 3.05) is 11.9 Å². The number of hydrogen-bond donors (Lipinski definition) is 2. The smallest absolute Gasteiger partial charge is 0.385 e. The van der Waals surface area contributed by atoms with Crippen LogP contribution in [0.4, 0.5) is 18.9 Å². The molecule has 8 heteroatoms. The Hall–Kier alpha value is -1.28. The number of nitrogens with one attached hydrogen (secondary N) is 1. The Kier molecular flexibility index (Phi) is 6.09. The van der Waals surface area contributed by atoms with Gasteiger partial charge in [0.25, 0.3) is 0 Å². The summed E-state index contributed by atoms with van der Waals surface area (Å²) in [6, 6.07) is 2.98. The zero-order valence-corrected chi connectivity index (χ0v) is 14.4. The lowest BCUT2D eigenvalue weighted by Gasteiger charge is -2.26.